The van der Waals surface area contributed by atoms with E-state index in [-0.39, 0.29) is 17.1 Å². The van der Waals surface area contributed by atoms with Crippen LogP contribution in [0.15, 0.2) is 42.5 Å². The first-order chi connectivity index (χ1) is 11.9. The van der Waals surface area contributed by atoms with Crippen molar-refractivity contribution >= 4 is 38.9 Å². The lowest BCUT2D eigenvalue weighted by molar-refractivity contribution is 0.0915. The molecule has 0 spiro atoms. The van der Waals surface area contributed by atoms with Crippen LogP contribution in [0.2, 0.25) is 0 Å². The van der Waals surface area contributed by atoms with E-state index in [1.54, 1.807) is 6.07 Å². The number of fused-ring (bicyclic) bond motifs is 2. The van der Waals surface area contributed by atoms with E-state index < -0.39 is 0 Å². The lowest BCUT2D eigenvalue weighted by atomic mass is 9.78. The third-order valence-corrected chi connectivity index (χ3v) is 5.54. The molecule has 1 heterocycles. The van der Waals surface area contributed by atoms with Crippen molar-refractivity contribution in [2.75, 3.05) is 5.32 Å². The number of hydrogen-bond acceptors (Lipinski definition) is 4. The molecule has 0 saturated heterocycles. The first-order valence-corrected chi connectivity index (χ1v) is 9.07. The number of aromatic nitrogens is 1. The Bertz CT molecular complexity index is 999. The highest BCUT2D eigenvalue weighted by atomic mass is 32.1. The maximum absolute atomic E-state index is 12.7. The van der Waals surface area contributed by atoms with Gasteiger partial charge in [-0.05, 0) is 28.7 Å². The lowest BCUT2D eigenvalue weighted by Crippen LogP contribution is -2.26. The van der Waals surface area contributed by atoms with E-state index in [0.29, 0.717) is 22.0 Å². The van der Waals surface area contributed by atoms with Gasteiger partial charge in [0.1, 0.15) is 0 Å². The fraction of sp³-hybridized carbons (Fsp3) is 0.250. The smallest absolute Gasteiger partial charge is 0.258 e. The van der Waals surface area contributed by atoms with Crippen LogP contribution in [0.25, 0.3) is 10.8 Å². The van der Waals surface area contributed by atoms with E-state index in [9.17, 15) is 9.59 Å². The molecule has 0 radical (unpaired) electrons. The minimum atomic E-state index is -0.199. The molecule has 4 rings (SSSR count). The van der Waals surface area contributed by atoms with E-state index in [4.69, 9.17) is 0 Å². The topological polar surface area (TPSA) is 59.1 Å². The zero-order valence-electron chi connectivity index (χ0n) is 14.1. The number of anilines is 1. The molecule has 5 heteroatoms. The summed E-state index contributed by atoms with van der Waals surface area (Å²) >= 11 is 1.28. The second kappa shape index (κ2) is 5.77. The van der Waals surface area contributed by atoms with Crippen LogP contribution in [-0.4, -0.2) is 16.7 Å². The number of Topliss-reactive ketones (excluding diaryl/α,β-unsaturated/α-hetero) is 1. The number of hydrogen-bond donors (Lipinski definition) is 1. The van der Waals surface area contributed by atoms with Crippen LogP contribution < -0.4 is 5.32 Å². The molecule has 1 amide bonds. The van der Waals surface area contributed by atoms with Gasteiger partial charge in [0, 0.05) is 12.0 Å². The van der Waals surface area contributed by atoms with Gasteiger partial charge in [-0.1, -0.05) is 61.6 Å². The molecule has 1 aromatic heterocycles. The van der Waals surface area contributed by atoms with Crippen molar-refractivity contribution in [3.63, 3.8) is 0 Å². The number of thiazole rings is 1. The summed E-state index contributed by atoms with van der Waals surface area (Å²) < 4.78 is 0. The molecule has 3 aromatic rings. The van der Waals surface area contributed by atoms with Gasteiger partial charge in [0.25, 0.3) is 5.91 Å². The Hall–Kier alpha value is -2.53. The zero-order valence-corrected chi connectivity index (χ0v) is 14.9. The molecular weight excluding hydrogens is 332 g/mol. The van der Waals surface area contributed by atoms with Gasteiger partial charge in [-0.15, -0.1) is 0 Å². The standard InChI is InChI=1S/C20H18N2O2S/c1-20(2)10-15-17(16(23)11-20)25-19(21-15)22-18(24)14-9-5-7-12-6-3-4-8-13(12)14/h3-9H,10-11H2,1-2H3,(H,21,22,24). The molecule has 1 aliphatic rings. The third kappa shape index (κ3) is 2.96. The van der Waals surface area contributed by atoms with Gasteiger partial charge in [-0.3, -0.25) is 14.9 Å². The van der Waals surface area contributed by atoms with Crippen molar-refractivity contribution in [1.82, 2.24) is 4.98 Å². The minimum absolute atomic E-state index is 0.0743. The predicted molar refractivity (Wildman–Crippen MR) is 100 cm³/mol. The van der Waals surface area contributed by atoms with Crippen molar-refractivity contribution in [3.05, 3.63) is 58.6 Å². The molecule has 1 N–H and O–H groups in total. The predicted octanol–water partition coefficient (Wildman–Crippen LogP) is 4.70. The van der Waals surface area contributed by atoms with E-state index >= 15 is 0 Å². The maximum atomic E-state index is 12.7. The van der Waals surface area contributed by atoms with Crippen LogP contribution in [0.4, 0.5) is 5.13 Å². The number of ketones is 1. The van der Waals surface area contributed by atoms with Crippen molar-refractivity contribution in [3.8, 4) is 0 Å². The Morgan fingerprint density at radius 3 is 2.72 bits per heavy atom. The Labute approximate surface area is 149 Å². The van der Waals surface area contributed by atoms with Crippen molar-refractivity contribution in [2.45, 2.75) is 26.7 Å². The summed E-state index contributed by atoms with van der Waals surface area (Å²) in [5, 5.41) is 5.29. The summed E-state index contributed by atoms with van der Waals surface area (Å²) in [5.41, 5.74) is 1.34. The van der Waals surface area contributed by atoms with Crippen LogP contribution in [-0.2, 0) is 6.42 Å². The SMILES string of the molecule is CC1(C)CC(=O)c2sc(NC(=O)c3cccc4ccccc34)nc2C1. The molecule has 4 nitrogen and oxygen atoms in total. The van der Waals surface area contributed by atoms with Crippen LogP contribution in [0.3, 0.4) is 0 Å². The molecule has 0 atom stereocenters. The summed E-state index contributed by atoms with van der Waals surface area (Å²) in [5.74, 6) is -0.0796. The number of benzene rings is 2. The van der Waals surface area contributed by atoms with Crippen molar-refractivity contribution < 1.29 is 9.59 Å². The second-order valence-electron chi connectivity index (χ2n) is 7.22. The quantitative estimate of drug-likeness (QED) is 0.728. The Kier molecular flexibility index (Phi) is 3.69. The number of nitrogens with zero attached hydrogens (tertiary/aromatic N) is 1. The van der Waals surface area contributed by atoms with Crippen molar-refractivity contribution in [2.24, 2.45) is 5.41 Å². The Balaban J connectivity index is 1.65. The fourth-order valence-electron chi connectivity index (χ4n) is 3.36. The average molecular weight is 350 g/mol. The third-order valence-electron chi connectivity index (χ3n) is 4.49. The van der Waals surface area contributed by atoms with E-state index in [1.807, 2.05) is 36.4 Å². The number of rotatable bonds is 2. The Morgan fingerprint density at radius 2 is 1.88 bits per heavy atom. The largest absolute Gasteiger partial charge is 0.298 e. The van der Waals surface area contributed by atoms with E-state index in [2.05, 4.69) is 24.1 Å². The van der Waals surface area contributed by atoms with Gasteiger partial charge in [0.05, 0.1) is 10.6 Å². The molecule has 2 aromatic carbocycles. The lowest BCUT2D eigenvalue weighted by Gasteiger charge is -2.26. The van der Waals surface area contributed by atoms with Crippen LogP contribution >= 0.6 is 11.3 Å². The summed E-state index contributed by atoms with van der Waals surface area (Å²) in [6, 6.07) is 13.4. The molecule has 0 bridgehead atoms. The van der Waals surface area contributed by atoms with Gasteiger partial charge in [-0.25, -0.2) is 4.98 Å². The molecule has 0 saturated carbocycles. The summed E-state index contributed by atoms with van der Waals surface area (Å²) in [7, 11) is 0. The molecule has 1 aliphatic carbocycles. The molecule has 0 unspecified atom stereocenters. The van der Waals surface area contributed by atoms with Crippen LogP contribution in [0.5, 0.6) is 0 Å². The minimum Gasteiger partial charge on any atom is -0.298 e. The number of carbonyl (C=O) groups is 2. The molecular formula is C20H18N2O2S. The van der Waals surface area contributed by atoms with Crippen LogP contribution in [0, 0.1) is 5.41 Å². The molecule has 0 aliphatic heterocycles. The van der Waals surface area contributed by atoms with Gasteiger partial charge < -0.3 is 0 Å². The zero-order chi connectivity index (χ0) is 17.6. The molecule has 126 valence electrons. The Morgan fingerprint density at radius 1 is 1.12 bits per heavy atom. The molecule has 0 fully saturated rings. The summed E-state index contributed by atoms with van der Waals surface area (Å²) in [4.78, 5) is 30.2. The van der Waals surface area contributed by atoms with Gasteiger partial charge >= 0.3 is 0 Å². The van der Waals surface area contributed by atoms with Gasteiger partial charge in [0.2, 0.25) is 0 Å². The number of carbonyl (C=O) groups excluding carboxylic acids is 2. The van der Waals surface area contributed by atoms with E-state index in [1.165, 1.54) is 11.3 Å². The highest BCUT2D eigenvalue weighted by Gasteiger charge is 2.34. The first kappa shape index (κ1) is 16.0. The van der Waals surface area contributed by atoms with Gasteiger partial charge in [0.15, 0.2) is 10.9 Å². The number of amides is 1. The number of nitrogens with one attached hydrogen (secondary N) is 1. The monoisotopic (exact) mass is 350 g/mol. The fourth-order valence-corrected chi connectivity index (χ4v) is 4.28. The average Bonchev–Trinajstić information content (AvgIpc) is 2.95. The van der Waals surface area contributed by atoms with Crippen LogP contribution in [0.1, 0.15) is 46.0 Å². The van der Waals surface area contributed by atoms with E-state index in [0.717, 1.165) is 22.9 Å². The highest BCUT2D eigenvalue weighted by molar-refractivity contribution is 7.17. The highest BCUT2D eigenvalue weighted by Crippen LogP contribution is 2.38. The van der Waals surface area contributed by atoms with Gasteiger partial charge in [-0.2, -0.15) is 0 Å². The normalized spacial score (nSPS) is 15.8. The summed E-state index contributed by atoms with van der Waals surface area (Å²) in [6.07, 6.45) is 1.29. The molecule has 25 heavy (non-hydrogen) atoms. The summed E-state index contributed by atoms with van der Waals surface area (Å²) in [6.45, 7) is 4.14. The first-order valence-electron chi connectivity index (χ1n) is 8.25. The van der Waals surface area contributed by atoms with Crippen molar-refractivity contribution in [1.29, 1.82) is 0 Å². The second-order valence-corrected chi connectivity index (χ2v) is 8.22. The maximum Gasteiger partial charge on any atom is 0.258 e.